The average molecular weight is 267 g/mol. The smallest absolute Gasteiger partial charge is 0.372 e. The van der Waals surface area contributed by atoms with Gasteiger partial charge in [-0.1, -0.05) is 19.8 Å². The molecule has 0 bridgehead atoms. The van der Waals surface area contributed by atoms with E-state index in [0.717, 1.165) is 12.8 Å². The van der Waals surface area contributed by atoms with Crippen LogP contribution in [0.4, 0.5) is 13.2 Å². The van der Waals surface area contributed by atoms with Crippen molar-refractivity contribution in [1.29, 1.82) is 0 Å². The van der Waals surface area contributed by atoms with Crippen LogP contribution in [0.2, 0.25) is 0 Å². The van der Waals surface area contributed by atoms with Crippen molar-refractivity contribution in [2.75, 3.05) is 19.8 Å². The van der Waals surface area contributed by atoms with Gasteiger partial charge in [0, 0.05) is 13.0 Å². The van der Waals surface area contributed by atoms with Crippen molar-refractivity contribution in [2.45, 2.75) is 45.2 Å². The number of ether oxygens (including phenoxy) is 1. The predicted molar refractivity (Wildman–Crippen MR) is 61.1 cm³/mol. The van der Waals surface area contributed by atoms with Crippen molar-refractivity contribution in [3.63, 3.8) is 0 Å². The SMILES string of the molecule is CC1(CNC(=O)CCOCC(F)(F)F)CCCC1. The van der Waals surface area contributed by atoms with Gasteiger partial charge in [-0.05, 0) is 18.3 Å². The molecule has 0 aliphatic heterocycles. The topological polar surface area (TPSA) is 38.3 Å². The first kappa shape index (κ1) is 15.3. The van der Waals surface area contributed by atoms with Gasteiger partial charge in [0.25, 0.3) is 0 Å². The second-order valence-electron chi connectivity index (χ2n) is 5.21. The highest BCUT2D eigenvalue weighted by molar-refractivity contribution is 5.75. The lowest BCUT2D eigenvalue weighted by molar-refractivity contribution is -0.174. The Morgan fingerprint density at radius 2 is 1.94 bits per heavy atom. The van der Waals surface area contributed by atoms with E-state index in [1.54, 1.807) is 0 Å². The minimum atomic E-state index is -4.33. The lowest BCUT2D eigenvalue weighted by Gasteiger charge is -2.23. The van der Waals surface area contributed by atoms with Gasteiger partial charge in [0.1, 0.15) is 6.61 Å². The molecule has 1 fully saturated rings. The highest BCUT2D eigenvalue weighted by Crippen LogP contribution is 2.36. The van der Waals surface area contributed by atoms with Crippen LogP contribution in [0.15, 0.2) is 0 Å². The molecule has 0 unspecified atom stereocenters. The number of hydrogen-bond donors (Lipinski definition) is 1. The Morgan fingerprint density at radius 3 is 2.50 bits per heavy atom. The van der Waals surface area contributed by atoms with Crippen LogP contribution in [-0.4, -0.2) is 31.8 Å². The summed E-state index contributed by atoms with van der Waals surface area (Å²) in [6.45, 7) is 1.24. The summed E-state index contributed by atoms with van der Waals surface area (Å²) < 4.78 is 39.7. The molecule has 1 rings (SSSR count). The molecule has 0 heterocycles. The summed E-state index contributed by atoms with van der Waals surface area (Å²) in [7, 11) is 0. The highest BCUT2D eigenvalue weighted by Gasteiger charge is 2.29. The van der Waals surface area contributed by atoms with Gasteiger partial charge >= 0.3 is 6.18 Å². The summed E-state index contributed by atoms with van der Waals surface area (Å²) in [6, 6.07) is 0. The van der Waals surface area contributed by atoms with Crippen LogP contribution in [0.1, 0.15) is 39.0 Å². The molecule has 0 aromatic heterocycles. The molecule has 0 saturated heterocycles. The Labute approximate surface area is 105 Å². The molecule has 106 valence electrons. The van der Waals surface area contributed by atoms with Crippen molar-refractivity contribution < 1.29 is 22.7 Å². The van der Waals surface area contributed by atoms with Crippen LogP contribution in [0.5, 0.6) is 0 Å². The summed E-state index contributed by atoms with van der Waals surface area (Å²) in [4.78, 5) is 11.4. The monoisotopic (exact) mass is 267 g/mol. The summed E-state index contributed by atoms with van der Waals surface area (Å²) in [5, 5.41) is 2.76. The van der Waals surface area contributed by atoms with Crippen LogP contribution in [0.3, 0.4) is 0 Å². The molecule has 6 heteroatoms. The number of hydrogen-bond acceptors (Lipinski definition) is 2. The molecule has 0 atom stereocenters. The summed E-state index contributed by atoms with van der Waals surface area (Å²) in [6.07, 6.45) is 0.206. The fourth-order valence-corrected chi connectivity index (χ4v) is 2.16. The Hall–Kier alpha value is -0.780. The Balaban J connectivity index is 2.07. The van der Waals surface area contributed by atoms with E-state index in [1.807, 2.05) is 0 Å². The first-order valence-corrected chi connectivity index (χ1v) is 6.22. The lowest BCUT2D eigenvalue weighted by Crippen LogP contribution is -2.34. The van der Waals surface area contributed by atoms with Crippen LogP contribution in [0.25, 0.3) is 0 Å². The molecular weight excluding hydrogens is 247 g/mol. The quantitative estimate of drug-likeness (QED) is 0.751. The summed E-state index contributed by atoms with van der Waals surface area (Å²) >= 11 is 0. The van der Waals surface area contributed by atoms with E-state index >= 15 is 0 Å². The fraction of sp³-hybridized carbons (Fsp3) is 0.917. The number of carbonyl (C=O) groups excluding carboxylic acids is 1. The minimum Gasteiger partial charge on any atom is -0.372 e. The number of carbonyl (C=O) groups is 1. The van der Waals surface area contributed by atoms with Crippen LogP contribution < -0.4 is 5.32 Å². The maximum Gasteiger partial charge on any atom is 0.411 e. The molecule has 1 aliphatic rings. The predicted octanol–water partition coefficient (Wildman–Crippen LogP) is 2.65. The van der Waals surface area contributed by atoms with E-state index in [2.05, 4.69) is 17.0 Å². The average Bonchev–Trinajstić information content (AvgIpc) is 2.68. The lowest BCUT2D eigenvalue weighted by atomic mass is 9.89. The third kappa shape index (κ3) is 6.23. The van der Waals surface area contributed by atoms with E-state index < -0.39 is 12.8 Å². The first-order chi connectivity index (χ1) is 8.31. The van der Waals surface area contributed by atoms with Gasteiger partial charge < -0.3 is 10.1 Å². The van der Waals surface area contributed by atoms with Gasteiger partial charge in [-0.15, -0.1) is 0 Å². The molecule has 18 heavy (non-hydrogen) atoms. The molecule has 1 saturated carbocycles. The van der Waals surface area contributed by atoms with Gasteiger partial charge in [0.2, 0.25) is 5.91 Å². The molecule has 0 aromatic carbocycles. The van der Waals surface area contributed by atoms with Gasteiger partial charge in [0.05, 0.1) is 6.61 Å². The highest BCUT2D eigenvalue weighted by atomic mass is 19.4. The van der Waals surface area contributed by atoms with E-state index in [1.165, 1.54) is 12.8 Å². The van der Waals surface area contributed by atoms with E-state index in [4.69, 9.17) is 0 Å². The summed E-state index contributed by atoms with van der Waals surface area (Å²) in [5.41, 5.74) is 0.155. The van der Waals surface area contributed by atoms with Crippen molar-refractivity contribution in [3.05, 3.63) is 0 Å². The van der Waals surface area contributed by atoms with Crippen LogP contribution in [-0.2, 0) is 9.53 Å². The number of rotatable bonds is 6. The maximum atomic E-state index is 11.8. The van der Waals surface area contributed by atoms with Crippen molar-refractivity contribution in [3.8, 4) is 0 Å². The number of alkyl halides is 3. The molecule has 3 nitrogen and oxygen atoms in total. The minimum absolute atomic E-state index is 0.0217. The largest absolute Gasteiger partial charge is 0.411 e. The zero-order valence-electron chi connectivity index (χ0n) is 10.6. The van der Waals surface area contributed by atoms with E-state index in [0.29, 0.717) is 6.54 Å². The summed E-state index contributed by atoms with van der Waals surface area (Å²) in [5.74, 6) is -0.245. The van der Waals surface area contributed by atoms with Gasteiger partial charge in [-0.2, -0.15) is 13.2 Å². The first-order valence-electron chi connectivity index (χ1n) is 6.22. The van der Waals surface area contributed by atoms with E-state index in [-0.39, 0.29) is 24.3 Å². The maximum absolute atomic E-state index is 11.8. The molecule has 1 aliphatic carbocycles. The fourth-order valence-electron chi connectivity index (χ4n) is 2.16. The molecule has 1 N–H and O–H groups in total. The normalized spacial score (nSPS) is 18.9. The zero-order chi connectivity index (χ0) is 13.6. The zero-order valence-corrected chi connectivity index (χ0v) is 10.6. The van der Waals surface area contributed by atoms with Gasteiger partial charge in [-0.3, -0.25) is 4.79 Å². The van der Waals surface area contributed by atoms with Crippen molar-refractivity contribution in [2.24, 2.45) is 5.41 Å². The molecule has 0 spiro atoms. The van der Waals surface area contributed by atoms with Crippen molar-refractivity contribution >= 4 is 5.91 Å². The van der Waals surface area contributed by atoms with E-state index in [9.17, 15) is 18.0 Å². The third-order valence-corrected chi connectivity index (χ3v) is 3.26. The Bertz CT molecular complexity index is 273. The second kappa shape index (κ2) is 6.41. The van der Waals surface area contributed by atoms with Gasteiger partial charge in [-0.25, -0.2) is 0 Å². The number of halogens is 3. The second-order valence-corrected chi connectivity index (χ2v) is 5.21. The number of nitrogens with one attached hydrogen (secondary N) is 1. The van der Waals surface area contributed by atoms with Crippen LogP contribution in [0, 0.1) is 5.41 Å². The third-order valence-electron chi connectivity index (χ3n) is 3.26. The Kier molecular flexibility index (Phi) is 5.44. The Morgan fingerprint density at radius 1 is 1.33 bits per heavy atom. The molecule has 0 aromatic rings. The standard InChI is InChI=1S/C12H20F3NO2/c1-11(5-2-3-6-11)8-16-10(17)4-7-18-9-12(13,14)15/h2-9H2,1H3,(H,16,17). The van der Waals surface area contributed by atoms with Crippen LogP contribution >= 0.6 is 0 Å². The molecule has 1 amide bonds. The van der Waals surface area contributed by atoms with Gasteiger partial charge in [0.15, 0.2) is 0 Å². The molecular formula is C12H20F3NO2. The number of amides is 1. The molecule has 0 radical (unpaired) electrons. The van der Waals surface area contributed by atoms with Crippen molar-refractivity contribution in [1.82, 2.24) is 5.32 Å².